The SMILES string of the molecule is Nc1nnc(SCC(=O)OCC(=O)Nc2cc(Cl)c(Cl)cc2Cl)s1. The first kappa shape index (κ1) is 19.1. The zero-order valence-electron chi connectivity index (χ0n) is 11.7. The van der Waals surface area contributed by atoms with E-state index in [9.17, 15) is 9.59 Å². The van der Waals surface area contributed by atoms with Crippen LogP contribution in [0.15, 0.2) is 16.5 Å². The maximum absolute atomic E-state index is 11.8. The molecule has 0 bridgehead atoms. The molecule has 0 unspecified atom stereocenters. The van der Waals surface area contributed by atoms with Gasteiger partial charge in [-0.3, -0.25) is 9.59 Å². The molecule has 0 saturated carbocycles. The minimum absolute atomic E-state index is 0.0184. The Morgan fingerprint density at radius 1 is 1.21 bits per heavy atom. The molecule has 0 atom stereocenters. The van der Waals surface area contributed by atoms with Gasteiger partial charge in [-0.2, -0.15) is 0 Å². The average molecular weight is 428 g/mol. The lowest BCUT2D eigenvalue weighted by atomic mass is 10.3. The monoisotopic (exact) mass is 426 g/mol. The van der Waals surface area contributed by atoms with E-state index < -0.39 is 18.5 Å². The Hall–Kier alpha value is -1.26. The third kappa shape index (κ3) is 5.67. The number of thioether (sulfide) groups is 1. The van der Waals surface area contributed by atoms with E-state index in [2.05, 4.69) is 15.5 Å². The predicted molar refractivity (Wildman–Crippen MR) is 96.1 cm³/mol. The van der Waals surface area contributed by atoms with Crippen molar-refractivity contribution in [3.63, 3.8) is 0 Å². The Kier molecular flexibility index (Phi) is 6.93. The van der Waals surface area contributed by atoms with Crippen molar-refractivity contribution in [3.05, 3.63) is 27.2 Å². The third-order valence-corrected chi connectivity index (χ3v) is 5.28. The van der Waals surface area contributed by atoms with Crippen LogP contribution < -0.4 is 11.1 Å². The number of hydrogen-bond acceptors (Lipinski definition) is 8. The van der Waals surface area contributed by atoms with Gasteiger partial charge in [0, 0.05) is 0 Å². The van der Waals surface area contributed by atoms with Crippen LogP contribution in [0.25, 0.3) is 0 Å². The van der Waals surface area contributed by atoms with Crippen molar-refractivity contribution < 1.29 is 14.3 Å². The second-order valence-electron chi connectivity index (χ2n) is 4.15. The number of nitrogen functional groups attached to an aromatic ring is 1. The quantitative estimate of drug-likeness (QED) is 0.413. The van der Waals surface area contributed by atoms with Gasteiger partial charge in [0.1, 0.15) is 0 Å². The van der Waals surface area contributed by atoms with Gasteiger partial charge in [0.25, 0.3) is 5.91 Å². The van der Waals surface area contributed by atoms with Crippen molar-refractivity contribution in [2.24, 2.45) is 0 Å². The molecule has 7 nitrogen and oxygen atoms in total. The maximum Gasteiger partial charge on any atom is 0.316 e. The van der Waals surface area contributed by atoms with Crippen molar-refractivity contribution in [1.82, 2.24) is 10.2 Å². The molecule has 1 aromatic carbocycles. The summed E-state index contributed by atoms with van der Waals surface area (Å²) in [5.74, 6) is -1.16. The number of hydrogen-bond donors (Lipinski definition) is 2. The molecule has 0 aliphatic heterocycles. The van der Waals surface area contributed by atoms with Gasteiger partial charge in [-0.25, -0.2) is 0 Å². The summed E-state index contributed by atoms with van der Waals surface area (Å²) in [7, 11) is 0. The first-order valence-corrected chi connectivity index (χ1v) is 9.10. The molecule has 12 heteroatoms. The summed E-state index contributed by atoms with van der Waals surface area (Å²) in [6, 6.07) is 2.80. The fourth-order valence-electron chi connectivity index (χ4n) is 1.39. The molecule has 24 heavy (non-hydrogen) atoms. The zero-order chi connectivity index (χ0) is 17.7. The molecule has 0 aliphatic rings. The van der Waals surface area contributed by atoms with Crippen molar-refractivity contribution in [2.45, 2.75) is 4.34 Å². The van der Waals surface area contributed by atoms with Crippen LogP contribution in [0.1, 0.15) is 0 Å². The molecule has 0 saturated heterocycles. The molecule has 1 heterocycles. The molecule has 0 fully saturated rings. The molecular weight excluding hydrogens is 419 g/mol. The standard InChI is InChI=1S/C12H9Cl3N4O3S2/c13-5-1-7(15)8(2-6(5)14)17-9(20)3-22-10(21)4-23-12-19-18-11(16)24-12/h1-2H,3-4H2,(H2,16,18)(H,17,20). The van der Waals surface area contributed by atoms with Gasteiger partial charge >= 0.3 is 5.97 Å². The molecule has 2 aromatic rings. The number of anilines is 2. The van der Waals surface area contributed by atoms with Crippen LogP contribution in [0.3, 0.4) is 0 Å². The smallest absolute Gasteiger partial charge is 0.316 e. The first-order valence-electron chi connectivity index (χ1n) is 6.17. The van der Waals surface area contributed by atoms with E-state index in [-0.39, 0.29) is 26.5 Å². The molecule has 1 amide bonds. The topological polar surface area (TPSA) is 107 Å². The Labute approximate surface area is 159 Å². The molecule has 0 aliphatic carbocycles. The fraction of sp³-hybridized carbons (Fsp3) is 0.167. The van der Waals surface area contributed by atoms with E-state index in [1.165, 1.54) is 12.1 Å². The number of nitrogens with two attached hydrogens (primary N) is 1. The van der Waals surface area contributed by atoms with Crippen LogP contribution in [-0.4, -0.2) is 34.4 Å². The number of halogens is 3. The summed E-state index contributed by atoms with van der Waals surface area (Å²) < 4.78 is 5.39. The number of ether oxygens (including phenoxy) is 1. The predicted octanol–water partition coefficient (Wildman–Crippen LogP) is 3.35. The van der Waals surface area contributed by atoms with Crippen LogP contribution >= 0.6 is 57.9 Å². The number of benzene rings is 1. The maximum atomic E-state index is 11.8. The molecule has 1 aromatic heterocycles. The van der Waals surface area contributed by atoms with E-state index in [0.717, 1.165) is 23.1 Å². The van der Waals surface area contributed by atoms with E-state index in [1.807, 2.05) is 0 Å². The second-order valence-corrected chi connectivity index (χ2v) is 7.60. The van der Waals surface area contributed by atoms with E-state index in [1.54, 1.807) is 0 Å². The first-order chi connectivity index (χ1) is 11.3. The van der Waals surface area contributed by atoms with E-state index >= 15 is 0 Å². The number of nitrogens with zero attached hydrogens (tertiary/aromatic N) is 2. The van der Waals surface area contributed by atoms with Crippen molar-refractivity contribution in [3.8, 4) is 0 Å². The highest BCUT2D eigenvalue weighted by Gasteiger charge is 2.13. The number of amides is 1. The number of rotatable bonds is 6. The van der Waals surface area contributed by atoms with Crippen LogP contribution in [0.5, 0.6) is 0 Å². The van der Waals surface area contributed by atoms with Crippen LogP contribution in [0.4, 0.5) is 10.8 Å². The van der Waals surface area contributed by atoms with E-state index in [4.69, 9.17) is 45.3 Å². The van der Waals surface area contributed by atoms with Crippen LogP contribution in [-0.2, 0) is 14.3 Å². The zero-order valence-corrected chi connectivity index (χ0v) is 15.6. The second kappa shape index (κ2) is 8.72. The summed E-state index contributed by atoms with van der Waals surface area (Å²) in [4.78, 5) is 23.4. The minimum Gasteiger partial charge on any atom is -0.455 e. The molecule has 128 valence electrons. The molecule has 3 N–H and O–H groups in total. The highest BCUT2D eigenvalue weighted by molar-refractivity contribution is 8.01. The van der Waals surface area contributed by atoms with Gasteiger partial charge in [0.05, 0.1) is 26.5 Å². The Morgan fingerprint density at radius 2 is 1.92 bits per heavy atom. The van der Waals surface area contributed by atoms with Crippen LogP contribution in [0.2, 0.25) is 15.1 Å². The Bertz CT molecular complexity index is 772. The summed E-state index contributed by atoms with van der Waals surface area (Å²) in [5, 5.41) is 10.9. The highest BCUT2D eigenvalue weighted by Crippen LogP contribution is 2.32. The van der Waals surface area contributed by atoms with E-state index in [0.29, 0.717) is 9.47 Å². The number of aromatic nitrogens is 2. The van der Waals surface area contributed by atoms with Crippen molar-refractivity contribution in [2.75, 3.05) is 23.4 Å². The van der Waals surface area contributed by atoms with Gasteiger partial charge in [0.15, 0.2) is 10.9 Å². The summed E-state index contributed by atoms with van der Waals surface area (Å²) in [5.41, 5.74) is 5.69. The number of carbonyl (C=O) groups excluding carboxylic acids is 2. The van der Waals surface area contributed by atoms with Crippen molar-refractivity contribution >= 4 is 80.6 Å². The lowest BCUT2D eigenvalue weighted by molar-refractivity contribution is -0.144. The van der Waals surface area contributed by atoms with Gasteiger partial charge in [0.2, 0.25) is 5.13 Å². The highest BCUT2D eigenvalue weighted by atomic mass is 35.5. The van der Waals surface area contributed by atoms with Gasteiger partial charge in [-0.05, 0) is 12.1 Å². The van der Waals surface area contributed by atoms with Crippen LogP contribution in [0, 0.1) is 0 Å². The third-order valence-electron chi connectivity index (χ3n) is 2.38. The molecular formula is C12H9Cl3N4O3S2. The average Bonchev–Trinajstić information content (AvgIpc) is 2.94. The lowest BCUT2D eigenvalue weighted by Crippen LogP contribution is -2.21. The minimum atomic E-state index is -0.579. The Morgan fingerprint density at radius 3 is 2.58 bits per heavy atom. The molecule has 2 rings (SSSR count). The molecule has 0 radical (unpaired) electrons. The number of nitrogens with one attached hydrogen (secondary N) is 1. The normalized spacial score (nSPS) is 10.5. The summed E-state index contributed by atoms with van der Waals surface area (Å²) in [6.45, 7) is -0.464. The van der Waals surface area contributed by atoms with Gasteiger partial charge in [-0.15, -0.1) is 10.2 Å². The molecule has 0 spiro atoms. The lowest BCUT2D eigenvalue weighted by Gasteiger charge is -2.09. The Balaban J connectivity index is 1.78. The van der Waals surface area contributed by atoms with Gasteiger partial charge in [-0.1, -0.05) is 57.9 Å². The van der Waals surface area contributed by atoms with Crippen molar-refractivity contribution in [1.29, 1.82) is 0 Å². The van der Waals surface area contributed by atoms with Gasteiger partial charge < -0.3 is 15.8 Å². The number of carbonyl (C=O) groups is 2. The number of esters is 1. The largest absolute Gasteiger partial charge is 0.455 e. The fourth-order valence-corrected chi connectivity index (χ4v) is 3.42. The summed E-state index contributed by atoms with van der Waals surface area (Å²) >= 11 is 19.9. The summed E-state index contributed by atoms with van der Waals surface area (Å²) in [6.07, 6.45) is 0.